The lowest BCUT2D eigenvalue weighted by Crippen LogP contribution is -2.33. The number of rotatable bonds is 2. The maximum absolute atomic E-state index is 13.3. The summed E-state index contributed by atoms with van der Waals surface area (Å²) in [7, 11) is 0. The second-order valence-electron chi connectivity index (χ2n) is 4.95. The van der Waals surface area contributed by atoms with E-state index in [1.54, 1.807) is 0 Å². The van der Waals surface area contributed by atoms with Crippen LogP contribution in [0.2, 0.25) is 0 Å². The molecule has 110 valence electrons. The van der Waals surface area contributed by atoms with Crippen LogP contribution in [0.5, 0.6) is 5.75 Å². The number of hydrogen-bond acceptors (Lipinski definition) is 2. The van der Waals surface area contributed by atoms with Crippen molar-refractivity contribution in [3.05, 3.63) is 30.1 Å². The van der Waals surface area contributed by atoms with Crippen LogP contribution >= 0.6 is 0 Å². The van der Waals surface area contributed by atoms with E-state index in [1.165, 1.54) is 18.2 Å². The third kappa shape index (κ3) is 3.49. The average molecular weight is 290 g/mol. The molecule has 1 aromatic carbocycles. The van der Waals surface area contributed by atoms with Crippen LogP contribution in [-0.4, -0.2) is 12.1 Å². The lowest BCUT2D eigenvalue weighted by atomic mass is 9.81. The summed E-state index contributed by atoms with van der Waals surface area (Å²) in [6.07, 6.45) is -3.87. The van der Waals surface area contributed by atoms with Crippen LogP contribution in [0, 0.1) is 17.7 Å². The highest BCUT2D eigenvalue weighted by Gasteiger charge is 2.44. The van der Waals surface area contributed by atoms with Crippen LogP contribution < -0.4 is 4.74 Å². The number of carbonyl (C=O) groups is 1. The van der Waals surface area contributed by atoms with E-state index in [1.807, 2.05) is 0 Å². The summed E-state index contributed by atoms with van der Waals surface area (Å²) in [6.45, 7) is 0. The molecule has 2 unspecified atom stereocenters. The maximum atomic E-state index is 13.3. The van der Waals surface area contributed by atoms with Gasteiger partial charge in [-0.05, 0) is 31.4 Å². The summed E-state index contributed by atoms with van der Waals surface area (Å²) in [5.74, 6) is -4.04. The first kappa shape index (κ1) is 14.8. The van der Waals surface area contributed by atoms with Crippen LogP contribution in [-0.2, 0) is 4.79 Å². The van der Waals surface area contributed by atoms with Crippen molar-refractivity contribution in [2.75, 3.05) is 0 Å². The Kier molecular flexibility index (Phi) is 4.30. The number of para-hydroxylation sites is 1. The van der Waals surface area contributed by atoms with Crippen molar-refractivity contribution in [1.82, 2.24) is 0 Å². The van der Waals surface area contributed by atoms with E-state index in [2.05, 4.69) is 0 Å². The highest BCUT2D eigenvalue weighted by atomic mass is 19.4. The predicted molar refractivity (Wildman–Crippen MR) is 63.5 cm³/mol. The lowest BCUT2D eigenvalue weighted by molar-refractivity contribution is -0.187. The van der Waals surface area contributed by atoms with Gasteiger partial charge in [0.1, 0.15) is 0 Å². The normalized spacial score (nSPS) is 23.4. The summed E-state index contributed by atoms with van der Waals surface area (Å²) in [6, 6.07) is 5.33. The summed E-state index contributed by atoms with van der Waals surface area (Å²) in [5, 5.41) is 0. The van der Waals surface area contributed by atoms with Crippen LogP contribution in [0.25, 0.3) is 0 Å². The number of esters is 1. The van der Waals surface area contributed by atoms with E-state index in [0.717, 1.165) is 6.07 Å². The van der Waals surface area contributed by atoms with Crippen LogP contribution in [0.15, 0.2) is 24.3 Å². The molecule has 2 rings (SSSR count). The monoisotopic (exact) mass is 290 g/mol. The van der Waals surface area contributed by atoms with E-state index >= 15 is 0 Å². The first-order chi connectivity index (χ1) is 9.38. The molecule has 0 amide bonds. The topological polar surface area (TPSA) is 26.3 Å². The van der Waals surface area contributed by atoms with Crippen molar-refractivity contribution in [3.8, 4) is 5.75 Å². The van der Waals surface area contributed by atoms with Gasteiger partial charge < -0.3 is 4.74 Å². The Morgan fingerprint density at radius 1 is 1.20 bits per heavy atom. The second-order valence-corrected chi connectivity index (χ2v) is 4.95. The molecule has 2 atom stereocenters. The van der Waals surface area contributed by atoms with Crippen molar-refractivity contribution >= 4 is 5.97 Å². The molecule has 0 N–H and O–H groups in total. The summed E-state index contributed by atoms with van der Waals surface area (Å²) >= 11 is 0. The molecule has 0 heterocycles. The largest absolute Gasteiger partial charge is 0.423 e. The van der Waals surface area contributed by atoms with Gasteiger partial charge in [0.25, 0.3) is 0 Å². The Morgan fingerprint density at radius 2 is 1.90 bits per heavy atom. The predicted octanol–water partition coefficient (Wildman–Crippen LogP) is 4.10. The Labute approximate surface area is 113 Å². The maximum Gasteiger partial charge on any atom is 0.391 e. The van der Waals surface area contributed by atoms with Crippen molar-refractivity contribution in [3.63, 3.8) is 0 Å². The standard InChI is InChI=1S/C14H14F4O2/c15-11-6-1-2-7-12(11)20-13(19)9-4-3-5-10(8-9)14(16,17)18/h1-2,6-7,9-10H,3-5,8H2. The van der Waals surface area contributed by atoms with E-state index in [4.69, 9.17) is 4.74 Å². The molecular weight excluding hydrogens is 276 g/mol. The summed E-state index contributed by atoms with van der Waals surface area (Å²) in [5.41, 5.74) is 0. The summed E-state index contributed by atoms with van der Waals surface area (Å²) < 4.78 is 56.2. The number of benzene rings is 1. The Balaban J connectivity index is 2.01. The van der Waals surface area contributed by atoms with Crippen molar-refractivity contribution in [2.24, 2.45) is 11.8 Å². The molecule has 0 spiro atoms. The highest BCUT2D eigenvalue weighted by molar-refractivity contribution is 5.75. The molecule has 0 radical (unpaired) electrons. The Bertz CT molecular complexity index is 484. The number of hydrogen-bond donors (Lipinski definition) is 0. The van der Waals surface area contributed by atoms with Gasteiger partial charge in [0.15, 0.2) is 11.6 Å². The van der Waals surface area contributed by atoms with Gasteiger partial charge in [-0.25, -0.2) is 4.39 Å². The van der Waals surface area contributed by atoms with E-state index < -0.39 is 29.8 Å². The molecule has 1 aliphatic carbocycles. The van der Waals surface area contributed by atoms with Gasteiger partial charge in [0.05, 0.1) is 11.8 Å². The first-order valence-corrected chi connectivity index (χ1v) is 6.41. The molecule has 0 bridgehead atoms. The Morgan fingerprint density at radius 3 is 2.55 bits per heavy atom. The number of ether oxygens (including phenoxy) is 1. The highest BCUT2D eigenvalue weighted by Crippen LogP contribution is 2.40. The molecule has 2 nitrogen and oxygen atoms in total. The van der Waals surface area contributed by atoms with Gasteiger partial charge in [-0.15, -0.1) is 0 Å². The molecule has 6 heteroatoms. The van der Waals surface area contributed by atoms with Gasteiger partial charge in [-0.2, -0.15) is 13.2 Å². The SMILES string of the molecule is O=C(Oc1ccccc1F)C1CCCC(C(F)(F)F)C1. The fourth-order valence-electron chi connectivity index (χ4n) is 2.42. The number of carbonyl (C=O) groups excluding carboxylic acids is 1. The summed E-state index contributed by atoms with van der Waals surface area (Å²) in [4.78, 5) is 11.8. The molecular formula is C14H14F4O2. The van der Waals surface area contributed by atoms with E-state index in [0.29, 0.717) is 12.8 Å². The minimum atomic E-state index is -4.29. The number of halogens is 4. The zero-order valence-electron chi connectivity index (χ0n) is 10.6. The average Bonchev–Trinajstić information content (AvgIpc) is 2.40. The van der Waals surface area contributed by atoms with Gasteiger partial charge >= 0.3 is 12.1 Å². The quantitative estimate of drug-likeness (QED) is 0.465. The molecule has 1 fully saturated rings. The minimum Gasteiger partial charge on any atom is -0.423 e. The molecule has 1 saturated carbocycles. The third-order valence-corrected chi connectivity index (χ3v) is 3.52. The fraction of sp³-hybridized carbons (Fsp3) is 0.500. The third-order valence-electron chi connectivity index (χ3n) is 3.52. The fourth-order valence-corrected chi connectivity index (χ4v) is 2.42. The van der Waals surface area contributed by atoms with Gasteiger partial charge in [-0.3, -0.25) is 4.79 Å². The van der Waals surface area contributed by atoms with Gasteiger partial charge in [0.2, 0.25) is 0 Å². The van der Waals surface area contributed by atoms with Crippen molar-refractivity contribution < 1.29 is 27.1 Å². The molecule has 0 aromatic heterocycles. The van der Waals surface area contributed by atoms with Crippen molar-refractivity contribution in [1.29, 1.82) is 0 Å². The van der Waals surface area contributed by atoms with Crippen LogP contribution in [0.1, 0.15) is 25.7 Å². The molecule has 0 saturated heterocycles. The zero-order valence-corrected chi connectivity index (χ0v) is 10.6. The minimum absolute atomic E-state index is 0.0347. The van der Waals surface area contributed by atoms with Gasteiger partial charge in [-0.1, -0.05) is 18.6 Å². The second kappa shape index (κ2) is 5.81. The lowest BCUT2D eigenvalue weighted by Gasteiger charge is -2.29. The van der Waals surface area contributed by atoms with E-state index in [-0.39, 0.29) is 18.6 Å². The van der Waals surface area contributed by atoms with Crippen LogP contribution in [0.3, 0.4) is 0 Å². The first-order valence-electron chi connectivity index (χ1n) is 6.41. The van der Waals surface area contributed by atoms with E-state index in [9.17, 15) is 22.4 Å². The smallest absolute Gasteiger partial charge is 0.391 e. The molecule has 20 heavy (non-hydrogen) atoms. The molecule has 0 aliphatic heterocycles. The van der Waals surface area contributed by atoms with Crippen LogP contribution in [0.4, 0.5) is 17.6 Å². The molecule has 1 aliphatic rings. The van der Waals surface area contributed by atoms with Gasteiger partial charge in [0, 0.05) is 0 Å². The number of alkyl halides is 3. The van der Waals surface area contributed by atoms with Crippen molar-refractivity contribution in [2.45, 2.75) is 31.9 Å². The zero-order chi connectivity index (χ0) is 14.8. The molecule has 1 aromatic rings. The Hall–Kier alpha value is -1.59.